The Morgan fingerprint density at radius 3 is 2.63 bits per heavy atom. The maximum absolute atomic E-state index is 12.8. The van der Waals surface area contributed by atoms with Crippen molar-refractivity contribution in [2.45, 2.75) is 30.6 Å². The van der Waals surface area contributed by atoms with Crippen molar-refractivity contribution < 1.29 is 26.7 Å². The lowest BCUT2D eigenvalue weighted by atomic mass is 10.1. The largest absolute Gasteiger partial charge is 0.438 e. The third-order valence-corrected chi connectivity index (χ3v) is 5.09. The van der Waals surface area contributed by atoms with E-state index in [9.17, 15) is 26.7 Å². The Morgan fingerprint density at radius 2 is 2.16 bits per heavy atom. The van der Waals surface area contributed by atoms with Gasteiger partial charge < -0.3 is 10.0 Å². The van der Waals surface area contributed by atoms with Gasteiger partial charge in [0.1, 0.15) is 5.37 Å². The molecule has 0 spiro atoms. The fourth-order valence-electron chi connectivity index (χ4n) is 1.84. The summed E-state index contributed by atoms with van der Waals surface area (Å²) in [6, 6.07) is 0. The van der Waals surface area contributed by atoms with Crippen LogP contribution in [-0.2, 0) is 9.84 Å². The van der Waals surface area contributed by atoms with Crippen molar-refractivity contribution >= 4 is 26.8 Å². The van der Waals surface area contributed by atoms with Gasteiger partial charge in [-0.1, -0.05) is 11.8 Å². The zero-order chi connectivity index (χ0) is 14.6. The molecule has 2 heterocycles. The van der Waals surface area contributed by atoms with E-state index in [0.717, 1.165) is 22.9 Å². The van der Waals surface area contributed by atoms with Crippen molar-refractivity contribution in [3.63, 3.8) is 0 Å². The van der Waals surface area contributed by atoms with Crippen LogP contribution >= 0.6 is 11.8 Å². The van der Waals surface area contributed by atoms with Crippen LogP contribution in [0.5, 0.6) is 0 Å². The number of thioether (sulfide) groups is 1. The second kappa shape index (κ2) is 4.13. The van der Waals surface area contributed by atoms with Gasteiger partial charge in [0.2, 0.25) is 0 Å². The van der Waals surface area contributed by atoms with Crippen LogP contribution < -0.4 is 0 Å². The monoisotopic (exact) mass is 316 g/mol. The number of halogens is 3. The van der Waals surface area contributed by atoms with Crippen LogP contribution in [0.4, 0.5) is 13.2 Å². The second-order valence-corrected chi connectivity index (χ2v) is 7.86. The molecular weight excluding hydrogens is 305 g/mol. The number of hydrogen-bond donors (Lipinski definition) is 1. The van der Waals surface area contributed by atoms with Crippen LogP contribution in [0.25, 0.3) is 0 Å². The minimum absolute atomic E-state index is 0.154. The molecule has 5 nitrogen and oxygen atoms in total. The first-order chi connectivity index (χ1) is 8.44. The molecule has 1 N–H and O–H groups in total. The zero-order valence-electron chi connectivity index (χ0n) is 9.97. The molecule has 2 rings (SSSR count). The van der Waals surface area contributed by atoms with E-state index in [-0.39, 0.29) is 5.17 Å². The summed E-state index contributed by atoms with van der Waals surface area (Å²) in [5.41, 5.74) is -3.36. The fraction of sp³-hybridized carbons (Fsp3) is 0.667. The normalized spacial score (nSPS) is 31.9. The van der Waals surface area contributed by atoms with E-state index in [4.69, 9.17) is 0 Å². The molecule has 108 valence electrons. The van der Waals surface area contributed by atoms with E-state index in [1.165, 1.54) is 6.20 Å². The van der Waals surface area contributed by atoms with Crippen molar-refractivity contribution in [2.75, 3.05) is 6.26 Å². The molecule has 2 aliphatic rings. The Kier molecular flexibility index (Phi) is 3.18. The highest BCUT2D eigenvalue weighted by Crippen LogP contribution is 2.44. The summed E-state index contributed by atoms with van der Waals surface area (Å²) in [5.74, 6) is 0. The van der Waals surface area contributed by atoms with Crippen LogP contribution in [-0.4, -0.2) is 47.1 Å². The van der Waals surface area contributed by atoms with Crippen molar-refractivity contribution in [1.29, 1.82) is 0 Å². The van der Waals surface area contributed by atoms with Crippen LogP contribution in [0.1, 0.15) is 13.3 Å². The predicted molar refractivity (Wildman–Crippen MR) is 64.9 cm³/mol. The standard InChI is InChI=1S/C9H11F3N2O3S2/c1-5-4-14-6(19(2,16)17)3-8(15,9(10,11)12)13-7(14)18-5/h4,6,15H,3H2,1-2H3/t6-,8+/m0/s1. The Hall–Kier alpha value is -0.740. The number of fused-ring (bicyclic) bond motifs is 1. The number of allylic oxidation sites excluding steroid dienone is 1. The quantitative estimate of drug-likeness (QED) is 0.789. The molecule has 0 aromatic heterocycles. The maximum Gasteiger partial charge on any atom is 0.438 e. The minimum atomic E-state index is -5.02. The molecule has 2 atom stereocenters. The summed E-state index contributed by atoms with van der Waals surface area (Å²) in [6.45, 7) is 1.62. The molecule has 0 saturated heterocycles. The van der Waals surface area contributed by atoms with Crippen LogP contribution in [0.15, 0.2) is 16.1 Å². The molecule has 2 aliphatic heterocycles. The van der Waals surface area contributed by atoms with Crippen LogP contribution in [0, 0.1) is 0 Å². The summed E-state index contributed by atoms with van der Waals surface area (Å²) >= 11 is 0.900. The third-order valence-electron chi connectivity index (χ3n) is 2.79. The third kappa shape index (κ3) is 2.48. The highest BCUT2D eigenvalue weighted by Gasteiger charge is 2.60. The van der Waals surface area contributed by atoms with Gasteiger partial charge in [0.05, 0.1) is 0 Å². The lowest BCUT2D eigenvalue weighted by molar-refractivity contribution is -0.262. The molecule has 0 bridgehead atoms. The molecule has 0 amide bonds. The lowest BCUT2D eigenvalue weighted by Crippen LogP contribution is -2.55. The van der Waals surface area contributed by atoms with E-state index >= 15 is 0 Å². The van der Waals surface area contributed by atoms with Gasteiger partial charge in [0.25, 0.3) is 5.72 Å². The number of amidine groups is 1. The highest BCUT2D eigenvalue weighted by molar-refractivity contribution is 8.17. The number of alkyl halides is 3. The Morgan fingerprint density at radius 1 is 1.58 bits per heavy atom. The van der Waals surface area contributed by atoms with Crippen molar-refractivity contribution in [3.8, 4) is 0 Å². The molecule has 19 heavy (non-hydrogen) atoms. The van der Waals surface area contributed by atoms with Gasteiger partial charge in [-0.2, -0.15) is 13.2 Å². The summed E-state index contributed by atoms with van der Waals surface area (Å²) in [7, 11) is -3.81. The topological polar surface area (TPSA) is 70.0 Å². The average Bonchev–Trinajstić information content (AvgIpc) is 2.53. The second-order valence-electron chi connectivity index (χ2n) is 4.45. The van der Waals surface area contributed by atoms with Crippen molar-refractivity contribution in [3.05, 3.63) is 11.1 Å². The molecule has 0 aliphatic carbocycles. The SMILES string of the molecule is CC1=CN2C(=N[C@](O)(C(F)(F)F)C[C@@H]2S(C)(=O)=O)S1. The number of aliphatic hydroxyl groups is 1. The summed E-state index contributed by atoms with van der Waals surface area (Å²) in [5, 5.41) is 8.01. The van der Waals surface area contributed by atoms with Crippen LogP contribution in [0.2, 0.25) is 0 Å². The summed E-state index contributed by atoms with van der Waals surface area (Å²) in [4.78, 5) is 5.05. The average molecular weight is 316 g/mol. The number of sulfone groups is 1. The van der Waals surface area contributed by atoms with E-state index in [0.29, 0.717) is 4.91 Å². The molecular formula is C9H11F3N2O3S2. The maximum atomic E-state index is 12.8. The Bertz CT molecular complexity index is 570. The molecule has 0 unspecified atom stereocenters. The fourth-order valence-corrected chi connectivity index (χ4v) is 3.95. The van der Waals surface area contributed by atoms with E-state index in [2.05, 4.69) is 4.99 Å². The summed E-state index contributed by atoms with van der Waals surface area (Å²) < 4.78 is 61.8. The van der Waals surface area contributed by atoms with Gasteiger partial charge in [-0.15, -0.1) is 0 Å². The molecule has 0 radical (unpaired) electrons. The molecule has 0 fully saturated rings. The van der Waals surface area contributed by atoms with Gasteiger partial charge >= 0.3 is 6.18 Å². The highest BCUT2D eigenvalue weighted by atomic mass is 32.2. The molecule has 0 saturated carbocycles. The van der Waals surface area contributed by atoms with Crippen molar-refractivity contribution in [2.24, 2.45) is 4.99 Å². The first kappa shape index (κ1) is 14.7. The molecule has 0 aromatic rings. The predicted octanol–water partition coefficient (Wildman–Crippen LogP) is 1.28. The van der Waals surface area contributed by atoms with Crippen molar-refractivity contribution in [1.82, 2.24) is 4.90 Å². The minimum Gasteiger partial charge on any atom is -0.362 e. The van der Waals surface area contributed by atoms with Crippen LogP contribution in [0.3, 0.4) is 0 Å². The lowest BCUT2D eigenvalue weighted by Gasteiger charge is -2.38. The zero-order valence-corrected chi connectivity index (χ0v) is 11.6. The first-order valence-corrected chi connectivity index (χ1v) is 7.93. The van der Waals surface area contributed by atoms with Gasteiger partial charge in [-0.25, -0.2) is 13.4 Å². The smallest absolute Gasteiger partial charge is 0.362 e. The Balaban J connectivity index is 2.53. The van der Waals surface area contributed by atoms with Gasteiger partial charge in [0, 0.05) is 23.8 Å². The number of aliphatic imine (C=N–C) groups is 1. The van der Waals surface area contributed by atoms with Gasteiger partial charge in [-0.3, -0.25) is 0 Å². The number of hydrogen-bond acceptors (Lipinski definition) is 6. The van der Waals surface area contributed by atoms with Gasteiger partial charge in [-0.05, 0) is 6.92 Å². The summed E-state index contributed by atoms with van der Waals surface area (Å²) in [6.07, 6.45) is -3.80. The number of nitrogens with zero attached hydrogens (tertiary/aromatic N) is 2. The molecule has 0 aromatic carbocycles. The number of rotatable bonds is 1. The molecule has 10 heteroatoms. The van der Waals surface area contributed by atoms with E-state index in [1.54, 1.807) is 6.92 Å². The Labute approximate surface area is 112 Å². The first-order valence-electron chi connectivity index (χ1n) is 5.16. The van der Waals surface area contributed by atoms with E-state index in [1.807, 2.05) is 0 Å². The van der Waals surface area contributed by atoms with E-state index < -0.39 is 33.5 Å². The van der Waals surface area contributed by atoms with Gasteiger partial charge in [0.15, 0.2) is 15.0 Å².